The van der Waals surface area contributed by atoms with E-state index < -0.39 is 0 Å². The van der Waals surface area contributed by atoms with Crippen molar-refractivity contribution in [2.24, 2.45) is 14.1 Å². The highest BCUT2D eigenvalue weighted by Gasteiger charge is 2.29. The van der Waals surface area contributed by atoms with Gasteiger partial charge in [0, 0.05) is 33.0 Å². The highest BCUT2D eigenvalue weighted by atomic mass is 16.5. The quantitative estimate of drug-likeness (QED) is 0.158. The summed E-state index contributed by atoms with van der Waals surface area (Å²) in [6, 6.07) is 4.04. The van der Waals surface area contributed by atoms with E-state index in [0.717, 1.165) is 119 Å². The van der Waals surface area contributed by atoms with Crippen molar-refractivity contribution in [1.82, 2.24) is 68.7 Å². The second kappa shape index (κ2) is 15.0. The molecular formula is C40H46N16O2. The minimum Gasteiger partial charge on any atom is -0.381 e. The number of nitrogens with zero attached hydrogens (tertiary/aromatic N) is 14. The van der Waals surface area contributed by atoms with Gasteiger partial charge in [-0.15, -0.1) is 0 Å². The molecule has 8 aromatic heterocycles. The van der Waals surface area contributed by atoms with E-state index in [0.29, 0.717) is 36.9 Å². The highest BCUT2D eigenvalue weighted by Crippen LogP contribution is 2.38. The molecule has 2 saturated carbocycles. The van der Waals surface area contributed by atoms with Crippen LogP contribution in [0.15, 0.2) is 49.6 Å². The summed E-state index contributed by atoms with van der Waals surface area (Å²) in [5.74, 6) is 1.67. The number of nitrogens with one attached hydrogen (secondary N) is 2. The normalized spacial score (nSPS) is 20.1. The summed E-state index contributed by atoms with van der Waals surface area (Å²) in [4.78, 5) is 28.0. The number of hydrogen-bond donors (Lipinski definition) is 2. The molecule has 0 radical (unpaired) electrons. The Balaban J connectivity index is 0.803. The molecule has 2 fully saturated rings. The highest BCUT2D eigenvalue weighted by molar-refractivity contribution is 5.80. The lowest BCUT2D eigenvalue weighted by atomic mass is 9.85. The lowest BCUT2D eigenvalue weighted by molar-refractivity contribution is 0.0263. The maximum atomic E-state index is 6.55. The van der Waals surface area contributed by atoms with Gasteiger partial charge in [0.2, 0.25) is 11.9 Å². The molecular weight excluding hydrogens is 737 g/mol. The number of anilines is 4. The van der Waals surface area contributed by atoms with Crippen LogP contribution in [0.5, 0.6) is 0 Å². The third-order valence-corrected chi connectivity index (χ3v) is 12.0. The van der Waals surface area contributed by atoms with Crippen LogP contribution in [0.3, 0.4) is 0 Å². The van der Waals surface area contributed by atoms with Gasteiger partial charge in [-0.05, 0) is 88.0 Å². The molecule has 58 heavy (non-hydrogen) atoms. The predicted molar refractivity (Wildman–Crippen MR) is 217 cm³/mol. The summed E-state index contributed by atoms with van der Waals surface area (Å²) in [6.07, 6.45) is 19.8. The zero-order valence-corrected chi connectivity index (χ0v) is 33.1. The van der Waals surface area contributed by atoms with E-state index in [9.17, 15) is 0 Å². The Morgan fingerprint density at radius 1 is 0.672 bits per heavy atom. The molecule has 8 aromatic rings. The molecule has 2 aliphatic rings. The van der Waals surface area contributed by atoms with Crippen LogP contribution in [0, 0.1) is 6.92 Å². The Bertz CT molecular complexity index is 2750. The minimum absolute atomic E-state index is 0.162. The number of methoxy groups -OCH3 is 1. The molecule has 0 saturated heterocycles. The second-order valence-corrected chi connectivity index (χ2v) is 15.6. The van der Waals surface area contributed by atoms with Gasteiger partial charge in [0.05, 0.1) is 66.4 Å². The molecule has 0 bridgehead atoms. The zero-order valence-electron chi connectivity index (χ0n) is 33.1. The summed E-state index contributed by atoms with van der Waals surface area (Å²) >= 11 is 0. The molecule has 8 heterocycles. The fourth-order valence-electron chi connectivity index (χ4n) is 8.76. The van der Waals surface area contributed by atoms with Crippen molar-refractivity contribution < 1.29 is 9.47 Å². The first-order chi connectivity index (χ1) is 28.4. The molecule has 0 atom stereocenters. The third-order valence-electron chi connectivity index (χ3n) is 12.0. The number of rotatable bonds is 11. The van der Waals surface area contributed by atoms with E-state index in [1.165, 1.54) is 0 Å². The molecule has 2 aliphatic carbocycles. The minimum atomic E-state index is 0.162. The molecule has 0 amide bonds. The van der Waals surface area contributed by atoms with Crippen LogP contribution >= 0.6 is 0 Å². The summed E-state index contributed by atoms with van der Waals surface area (Å²) in [7, 11) is 5.71. The smallest absolute Gasteiger partial charge is 0.227 e. The van der Waals surface area contributed by atoms with Crippen LogP contribution in [0.4, 0.5) is 23.3 Å². The largest absolute Gasteiger partial charge is 0.381 e. The van der Waals surface area contributed by atoms with Gasteiger partial charge in [-0.1, -0.05) is 0 Å². The molecule has 298 valence electrons. The number of pyridine rings is 2. The predicted octanol–water partition coefficient (Wildman–Crippen LogP) is 5.88. The van der Waals surface area contributed by atoms with Gasteiger partial charge in [0.1, 0.15) is 34.7 Å². The van der Waals surface area contributed by atoms with Gasteiger partial charge >= 0.3 is 0 Å². The molecule has 0 unspecified atom stereocenters. The van der Waals surface area contributed by atoms with Crippen molar-refractivity contribution >= 4 is 56.6 Å². The SMILES string of the molecule is COC1CCC(c2nn(C)c3cnc(Nc4cn5ncnc5cc4CCOC4CCC(c5nn(C)c6cnc(Nc7cn8ncnc8cc7C)nc56)CC4)nc23)CC1. The second-order valence-electron chi connectivity index (χ2n) is 15.6. The first-order valence-electron chi connectivity index (χ1n) is 20.1. The zero-order chi connectivity index (χ0) is 39.3. The summed E-state index contributed by atoms with van der Waals surface area (Å²) in [5.41, 5.74) is 11.0. The van der Waals surface area contributed by atoms with Crippen molar-refractivity contribution in [2.75, 3.05) is 24.4 Å². The van der Waals surface area contributed by atoms with Gasteiger partial charge in [-0.25, -0.2) is 38.9 Å². The number of aromatic nitrogens is 14. The van der Waals surface area contributed by atoms with Gasteiger partial charge in [-0.3, -0.25) is 9.36 Å². The Morgan fingerprint density at radius 3 is 1.79 bits per heavy atom. The van der Waals surface area contributed by atoms with Crippen molar-refractivity contribution in [3.05, 3.63) is 72.1 Å². The van der Waals surface area contributed by atoms with Gasteiger partial charge in [0.25, 0.3) is 0 Å². The fourth-order valence-corrected chi connectivity index (χ4v) is 8.76. The van der Waals surface area contributed by atoms with Crippen LogP contribution < -0.4 is 10.6 Å². The van der Waals surface area contributed by atoms with E-state index in [1.807, 2.05) is 61.2 Å². The lowest BCUT2D eigenvalue weighted by Crippen LogP contribution is -2.22. The summed E-state index contributed by atoms with van der Waals surface area (Å²) in [6.45, 7) is 2.60. The topological polar surface area (TPSA) is 190 Å². The molecule has 0 aliphatic heterocycles. The maximum absolute atomic E-state index is 6.55. The number of hydrogen-bond acceptors (Lipinski definition) is 14. The Labute approximate surface area is 333 Å². The van der Waals surface area contributed by atoms with Crippen LogP contribution in [0.2, 0.25) is 0 Å². The Morgan fingerprint density at radius 2 is 1.21 bits per heavy atom. The van der Waals surface area contributed by atoms with Crippen LogP contribution in [0.1, 0.15) is 85.7 Å². The number of aryl methyl sites for hydroxylation is 3. The number of ether oxygens (including phenoxy) is 2. The first kappa shape index (κ1) is 36.2. The number of fused-ring (bicyclic) bond motifs is 4. The van der Waals surface area contributed by atoms with E-state index in [1.54, 1.807) is 28.8 Å². The molecule has 18 heteroatoms. The molecule has 2 N–H and O–H groups in total. The van der Waals surface area contributed by atoms with E-state index in [4.69, 9.17) is 34.6 Å². The monoisotopic (exact) mass is 782 g/mol. The van der Waals surface area contributed by atoms with Crippen LogP contribution in [-0.4, -0.2) is 94.6 Å². The average molecular weight is 783 g/mol. The van der Waals surface area contributed by atoms with Crippen molar-refractivity contribution in [2.45, 2.75) is 88.8 Å². The Kier molecular flexibility index (Phi) is 9.36. The van der Waals surface area contributed by atoms with E-state index in [2.05, 4.69) is 41.8 Å². The van der Waals surface area contributed by atoms with Crippen molar-refractivity contribution in [1.29, 1.82) is 0 Å². The maximum Gasteiger partial charge on any atom is 0.227 e. The van der Waals surface area contributed by atoms with Gasteiger partial charge in [0.15, 0.2) is 11.3 Å². The van der Waals surface area contributed by atoms with Crippen LogP contribution in [0.25, 0.3) is 33.4 Å². The molecule has 10 rings (SSSR count). The lowest BCUT2D eigenvalue weighted by Gasteiger charge is -2.27. The molecule has 0 aromatic carbocycles. The first-order valence-corrected chi connectivity index (χ1v) is 20.1. The summed E-state index contributed by atoms with van der Waals surface area (Å²) < 4.78 is 19.4. The van der Waals surface area contributed by atoms with Crippen LogP contribution in [-0.2, 0) is 30.0 Å². The van der Waals surface area contributed by atoms with E-state index >= 15 is 0 Å². The van der Waals surface area contributed by atoms with Crippen molar-refractivity contribution in [3.8, 4) is 0 Å². The fraction of sp³-hybridized carbons (Fsp3) is 0.450. The third kappa shape index (κ3) is 6.85. The van der Waals surface area contributed by atoms with Gasteiger partial charge < -0.3 is 20.1 Å². The Hall–Kier alpha value is -6.14. The van der Waals surface area contributed by atoms with E-state index in [-0.39, 0.29) is 12.0 Å². The molecule has 0 spiro atoms. The van der Waals surface area contributed by atoms with Gasteiger partial charge in [-0.2, -0.15) is 20.4 Å². The average Bonchev–Trinajstić information content (AvgIpc) is 4.04. The standard InChI is InChI=1S/C40H46N16O2/c1-23-15-33-43-21-45-55(33)19-29(23)47-39-41-17-31-37(49-39)36(52-53(31)2)25-7-11-28(12-8-25)58-14-13-26-16-34-44-22-46-56(34)20-30(26)48-40-42-18-32-38(50-40)35(51-54(32)3)24-5-9-27(57-4)10-6-24/h15-22,24-25,27-28H,5-14H2,1-4H3,(H,41,47,49)(H,42,48,50). The van der Waals surface area contributed by atoms with Crippen molar-refractivity contribution in [3.63, 3.8) is 0 Å². The molecule has 18 nitrogen and oxygen atoms in total. The summed E-state index contributed by atoms with van der Waals surface area (Å²) in [5, 5.41) is 25.4.